The fourth-order valence-corrected chi connectivity index (χ4v) is 4.12. The van der Waals surface area contributed by atoms with Gasteiger partial charge in [0.15, 0.2) is 0 Å². The Morgan fingerprint density at radius 1 is 1.00 bits per heavy atom. The normalized spacial score (nSPS) is 12.6. The van der Waals surface area contributed by atoms with Crippen LogP contribution in [0, 0.1) is 18.6 Å². The minimum Gasteiger partial charge on any atom is -0.390 e. The van der Waals surface area contributed by atoms with Crippen molar-refractivity contribution < 1.29 is 23.5 Å². The number of hydrogen-bond acceptors (Lipinski definition) is 5. The molecular formula is C29H34F2N4O3. The molecule has 3 aromatic rings. The molecule has 3 rings (SSSR count). The molecule has 0 aliphatic rings. The minimum absolute atomic E-state index is 0.0229. The third kappa shape index (κ3) is 9.00. The van der Waals surface area contributed by atoms with E-state index < -0.39 is 23.8 Å². The van der Waals surface area contributed by atoms with E-state index >= 15 is 0 Å². The predicted octanol–water partition coefficient (Wildman–Crippen LogP) is 3.91. The van der Waals surface area contributed by atoms with Crippen molar-refractivity contribution in [2.75, 3.05) is 11.9 Å². The first-order valence-corrected chi connectivity index (χ1v) is 12.6. The van der Waals surface area contributed by atoms with Gasteiger partial charge in [0.05, 0.1) is 6.10 Å². The molecule has 0 bridgehead atoms. The lowest BCUT2D eigenvalue weighted by Gasteiger charge is -2.28. The number of aryl methyl sites for hydroxylation is 2. The Hall–Kier alpha value is -3.69. The fourth-order valence-electron chi connectivity index (χ4n) is 4.12. The van der Waals surface area contributed by atoms with Gasteiger partial charge in [-0.25, -0.2) is 13.8 Å². The highest BCUT2D eigenvalue weighted by Crippen LogP contribution is 2.15. The number of aliphatic hydroxyl groups is 1. The minimum atomic E-state index is -1.16. The van der Waals surface area contributed by atoms with E-state index in [1.165, 1.54) is 4.90 Å². The number of aromatic nitrogens is 1. The summed E-state index contributed by atoms with van der Waals surface area (Å²) >= 11 is 0. The summed E-state index contributed by atoms with van der Waals surface area (Å²) in [6, 6.07) is 15.2. The van der Waals surface area contributed by atoms with E-state index in [4.69, 9.17) is 5.73 Å². The van der Waals surface area contributed by atoms with Gasteiger partial charge in [0, 0.05) is 43.7 Å². The number of carbonyl (C=O) groups is 2. The SMILES string of the molecule is CCc1cccc(CN(C[C@@H](O)[C@@H](N)Cc2cc(F)cc(F)c2)C(=O)CCC(=O)Nc2cccc(C)n2)c1. The fraction of sp³-hybridized carbons (Fsp3) is 0.345. The molecule has 2 amide bonds. The largest absolute Gasteiger partial charge is 0.390 e. The van der Waals surface area contributed by atoms with Crippen LogP contribution in [-0.2, 0) is 29.0 Å². The quantitative estimate of drug-likeness (QED) is 0.333. The van der Waals surface area contributed by atoms with Crippen molar-refractivity contribution in [1.82, 2.24) is 9.88 Å². The van der Waals surface area contributed by atoms with Gasteiger partial charge in [0.2, 0.25) is 11.8 Å². The number of anilines is 1. The van der Waals surface area contributed by atoms with Gasteiger partial charge in [-0.3, -0.25) is 9.59 Å². The Morgan fingerprint density at radius 2 is 1.68 bits per heavy atom. The van der Waals surface area contributed by atoms with E-state index in [0.717, 1.165) is 41.4 Å². The van der Waals surface area contributed by atoms with Crippen LogP contribution in [0.1, 0.15) is 42.1 Å². The number of nitrogens with two attached hydrogens (primary N) is 1. The molecule has 0 saturated carbocycles. The highest BCUT2D eigenvalue weighted by molar-refractivity contribution is 5.92. The zero-order valence-electron chi connectivity index (χ0n) is 21.7. The first-order valence-electron chi connectivity index (χ1n) is 12.6. The molecule has 38 heavy (non-hydrogen) atoms. The monoisotopic (exact) mass is 524 g/mol. The van der Waals surface area contributed by atoms with Crippen LogP contribution >= 0.6 is 0 Å². The number of pyridine rings is 1. The van der Waals surface area contributed by atoms with Gasteiger partial charge in [0.25, 0.3) is 0 Å². The first-order chi connectivity index (χ1) is 18.1. The maximum Gasteiger partial charge on any atom is 0.226 e. The molecule has 1 heterocycles. The molecule has 2 aromatic carbocycles. The van der Waals surface area contributed by atoms with Crippen LogP contribution in [0.25, 0.3) is 0 Å². The van der Waals surface area contributed by atoms with Crippen LogP contribution in [-0.4, -0.2) is 45.5 Å². The Labute approximate surface area is 221 Å². The molecule has 1 aromatic heterocycles. The number of hydrogen-bond donors (Lipinski definition) is 3. The molecule has 0 aliphatic heterocycles. The molecule has 4 N–H and O–H groups in total. The summed E-state index contributed by atoms with van der Waals surface area (Å²) in [4.78, 5) is 31.3. The number of nitrogens with one attached hydrogen (secondary N) is 1. The third-order valence-electron chi connectivity index (χ3n) is 6.14. The molecule has 0 fully saturated rings. The molecule has 0 unspecified atom stereocenters. The van der Waals surface area contributed by atoms with Crippen LogP contribution < -0.4 is 11.1 Å². The van der Waals surface area contributed by atoms with E-state index in [9.17, 15) is 23.5 Å². The van der Waals surface area contributed by atoms with Gasteiger partial charge in [-0.15, -0.1) is 0 Å². The summed E-state index contributed by atoms with van der Waals surface area (Å²) in [6.45, 7) is 3.95. The molecule has 2 atom stereocenters. The van der Waals surface area contributed by atoms with Gasteiger partial charge in [-0.05, 0) is 60.7 Å². The Bertz CT molecular complexity index is 1230. The highest BCUT2D eigenvalue weighted by atomic mass is 19.1. The second-order valence-corrected chi connectivity index (χ2v) is 9.37. The number of amides is 2. The van der Waals surface area contributed by atoms with Crippen LogP contribution in [0.5, 0.6) is 0 Å². The molecule has 0 radical (unpaired) electrons. The predicted molar refractivity (Wildman–Crippen MR) is 142 cm³/mol. The number of carbonyl (C=O) groups excluding carboxylic acids is 2. The number of rotatable bonds is 12. The summed E-state index contributed by atoms with van der Waals surface area (Å²) in [6.07, 6.45) is -0.459. The van der Waals surface area contributed by atoms with E-state index in [-0.39, 0.29) is 44.2 Å². The first kappa shape index (κ1) is 28.9. The lowest BCUT2D eigenvalue weighted by Crippen LogP contribution is -2.46. The topological polar surface area (TPSA) is 109 Å². The standard InChI is InChI=1S/C29H34F2N4O3/c1-3-20-7-5-8-21(12-20)17-35(18-26(36)25(32)15-22-13-23(30)16-24(31)14-22)29(38)11-10-28(37)34-27-9-4-6-19(2)33-27/h4-9,12-14,16,25-26,36H,3,10-11,15,17-18,32H2,1-2H3,(H,33,34,37)/t25-,26+/m0/s1. The van der Waals surface area contributed by atoms with Crippen molar-refractivity contribution in [2.24, 2.45) is 5.73 Å². The van der Waals surface area contributed by atoms with Crippen molar-refractivity contribution >= 4 is 17.6 Å². The highest BCUT2D eigenvalue weighted by Gasteiger charge is 2.23. The Morgan fingerprint density at radius 3 is 2.37 bits per heavy atom. The second-order valence-electron chi connectivity index (χ2n) is 9.37. The smallest absolute Gasteiger partial charge is 0.226 e. The van der Waals surface area contributed by atoms with Gasteiger partial charge < -0.3 is 21.1 Å². The summed E-state index contributed by atoms with van der Waals surface area (Å²) in [5, 5.41) is 13.5. The van der Waals surface area contributed by atoms with Crippen molar-refractivity contribution in [2.45, 2.75) is 58.2 Å². The lowest BCUT2D eigenvalue weighted by molar-refractivity contribution is -0.135. The summed E-state index contributed by atoms with van der Waals surface area (Å²) in [5.41, 5.74) is 9.19. The van der Waals surface area contributed by atoms with E-state index in [1.807, 2.05) is 44.2 Å². The van der Waals surface area contributed by atoms with Crippen LogP contribution in [0.4, 0.5) is 14.6 Å². The molecular weight excluding hydrogens is 490 g/mol. The maximum absolute atomic E-state index is 13.6. The zero-order valence-corrected chi connectivity index (χ0v) is 21.7. The van der Waals surface area contributed by atoms with Gasteiger partial charge in [0.1, 0.15) is 17.5 Å². The summed E-state index contributed by atoms with van der Waals surface area (Å²) in [7, 11) is 0. The molecule has 0 aliphatic carbocycles. The molecule has 0 spiro atoms. The van der Waals surface area contributed by atoms with Crippen molar-refractivity contribution in [3.8, 4) is 0 Å². The number of nitrogens with zero attached hydrogens (tertiary/aromatic N) is 2. The van der Waals surface area contributed by atoms with Crippen LogP contribution in [0.2, 0.25) is 0 Å². The lowest BCUT2D eigenvalue weighted by atomic mass is 10.0. The summed E-state index contributed by atoms with van der Waals surface area (Å²) in [5.74, 6) is -1.73. The summed E-state index contributed by atoms with van der Waals surface area (Å²) < 4.78 is 27.1. The molecule has 0 saturated heterocycles. The van der Waals surface area contributed by atoms with Crippen molar-refractivity contribution in [3.05, 3.63) is 94.7 Å². The van der Waals surface area contributed by atoms with Gasteiger partial charge in [-0.2, -0.15) is 0 Å². The number of aliphatic hydroxyl groups excluding tert-OH is 1. The second kappa shape index (κ2) is 13.7. The van der Waals surface area contributed by atoms with Gasteiger partial charge in [-0.1, -0.05) is 37.3 Å². The van der Waals surface area contributed by atoms with Crippen LogP contribution in [0.15, 0.2) is 60.7 Å². The van der Waals surface area contributed by atoms with Crippen LogP contribution in [0.3, 0.4) is 0 Å². The molecule has 202 valence electrons. The maximum atomic E-state index is 13.6. The molecule has 7 nitrogen and oxygen atoms in total. The van der Waals surface area contributed by atoms with Crippen molar-refractivity contribution in [3.63, 3.8) is 0 Å². The number of benzene rings is 2. The van der Waals surface area contributed by atoms with Gasteiger partial charge >= 0.3 is 0 Å². The number of halogens is 2. The third-order valence-corrected chi connectivity index (χ3v) is 6.14. The molecule has 9 heteroatoms. The van der Waals surface area contributed by atoms with E-state index in [1.54, 1.807) is 12.1 Å². The van der Waals surface area contributed by atoms with Crippen molar-refractivity contribution in [1.29, 1.82) is 0 Å². The van der Waals surface area contributed by atoms with E-state index in [2.05, 4.69) is 10.3 Å². The Balaban J connectivity index is 1.67. The average Bonchev–Trinajstić information content (AvgIpc) is 2.86. The van der Waals surface area contributed by atoms with E-state index in [0.29, 0.717) is 11.4 Å². The zero-order chi connectivity index (χ0) is 27.7. The Kier molecular flexibility index (Phi) is 10.4. The average molecular weight is 525 g/mol.